The summed E-state index contributed by atoms with van der Waals surface area (Å²) in [4.78, 5) is 28.1. The minimum atomic E-state index is 0.0495. The molecule has 1 aromatic rings. The molecule has 1 unspecified atom stereocenters. The van der Waals surface area contributed by atoms with Crippen LogP contribution < -0.4 is 4.90 Å². The van der Waals surface area contributed by atoms with E-state index >= 15 is 0 Å². The second-order valence-electron chi connectivity index (χ2n) is 10.5. The number of piperidine rings is 1. The van der Waals surface area contributed by atoms with Crippen molar-refractivity contribution in [2.45, 2.75) is 90.0 Å². The number of carbonyl (C=O) groups excluding carboxylic acids is 1. The molecule has 0 radical (unpaired) electrons. The predicted octanol–water partition coefficient (Wildman–Crippen LogP) is 4.60. The fourth-order valence-electron chi connectivity index (χ4n) is 6.35. The standard InChI is InChI=1S/C26H40N4O2/c1-19-22-9-6-13-29(18-21-11-15-32-16-12-21)26(22)28-25(27-19)23-10-4-5-14-30(23)24(31)17-20-7-2-3-8-20/h20-21,23H,2-18H2,1H3. The molecule has 2 saturated heterocycles. The Morgan fingerprint density at radius 1 is 0.938 bits per heavy atom. The van der Waals surface area contributed by atoms with Gasteiger partial charge in [-0.15, -0.1) is 0 Å². The Morgan fingerprint density at radius 3 is 2.53 bits per heavy atom. The summed E-state index contributed by atoms with van der Waals surface area (Å²) in [5, 5.41) is 0. The Balaban J connectivity index is 1.37. The number of hydrogen-bond donors (Lipinski definition) is 0. The van der Waals surface area contributed by atoms with E-state index in [1.807, 2.05) is 0 Å². The molecule has 0 aromatic carbocycles. The first kappa shape index (κ1) is 22.1. The zero-order valence-electron chi connectivity index (χ0n) is 19.9. The van der Waals surface area contributed by atoms with Crippen molar-refractivity contribution in [3.8, 4) is 0 Å². The fraction of sp³-hybridized carbons (Fsp3) is 0.808. The molecular weight excluding hydrogens is 400 g/mol. The molecule has 0 bridgehead atoms. The van der Waals surface area contributed by atoms with Gasteiger partial charge < -0.3 is 14.5 Å². The molecule has 1 aromatic heterocycles. The van der Waals surface area contributed by atoms with Crippen LogP contribution in [-0.2, 0) is 16.0 Å². The van der Waals surface area contributed by atoms with E-state index in [4.69, 9.17) is 14.7 Å². The lowest BCUT2D eigenvalue weighted by Crippen LogP contribution is -2.41. The van der Waals surface area contributed by atoms with Crippen LogP contribution in [-0.4, -0.2) is 53.6 Å². The molecule has 1 amide bonds. The van der Waals surface area contributed by atoms with Gasteiger partial charge in [-0.3, -0.25) is 4.79 Å². The van der Waals surface area contributed by atoms with Gasteiger partial charge in [-0.2, -0.15) is 0 Å². The second kappa shape index (κ2) is 10.1. The number of anilines is 1. The monoisotopic (exact) mass is 440 g/mol. The van der Waals surface area contributed by atoms with Crippen LogP contribution in [0.15, 0.2) is 0 Å². The SMILES string of the molecule is Cc1nc(C2CCCCN2C(=O)CC2CCCC2)nc2c1CCCN2CC1CCOCC1. The Labute approximate surface area is 193 Å². The molecule has 3 fully saturated rings. The average Bonchev–Trinajstić information content (AvgIpc) is 3.33. The molecule has 1 atom stereocenters. The van der Waals surface area contributed by atoms with Gasteiger partial charge in [0, 0.05) is 50.5 Å². The first-order chi connectivity index (χ1) is 15.7. The van der Waals surface area contributed by atoms with Crippen molar-refractivity contribution >= 4 is 11.7 Å². The molecule has 3 aliphatic heterocycles. The number of aryl methyl sites for hydroxylation is 1. The number of likely N-dealkylation sites (tertiary alicyclic amines) is 1. The van der Waals surface area contributed by atoms with Crippen LogP contribution in [0, 0.1) is 18.8 Å². The molecule has 5 rings (SSSR count). The molecule has 32 heavy (non-hydrogen) atoms. The van der Waals surface area contributed by atoms with Crippen molar-refractivity contribution in [2.75, 3.05) is 37.7 Å². The minimum Gasteiger partial charge on any atom is -0.381 e. The fourth-order valence-corrected chi connectivity index (χ4v) is 6.35. The number of ether oxygens (including phenoxy) is 1. The lowest BCUT2D eigenvalue weighted by Gasteiger charge is -2.38. The Hall–Kier alpha value is -1.69. The summed E-state index contributed by atoms with van der Waals surface area (Å²) in [6, 6.07) is 0.0495. The minimum absolute atomic E-state index is 0.0495. The third kappa shape index (κ3) is 4.80. The lowest BCUT2D eigenvalue weighted by molar-refractivity contribution is -0.136. The van der Waals surface area contributed by atoms with Gasteiger partial charge >= 0.3 is 0 Å². The number of hydrogen-bond acceptors (Lipinski definition) is 5. The molecule has 1 saturated carbocycles. The van der Waals surface area contributed by atoms with E-state index in [-0.39, 0.29) is 6.04 Å². The van der Waals surface area contributed by atoms with Crippen molar-refractivity contribution in [3.05, 3.63) is 17.1 Å². The van der Waals surface area contributed by atoms with Crippen LogP contribution >= 0.6 is 0 Å². The maximum absolute atomic E-state index is 13.3. The zero-order valence-corrected chi connectivity index (χ0v) is 19.9. The summed E-state index contributed by atoms with van der Waals surface area (Å²) in [5.41, 5.74) is 2.45. The quantitative estimate of drug-likeness (QED) is 0.670. The van der Waals surface area contributed by atoms with E-state index in [9.17, 15) is 4.79 Å². The normalized spacial score (nSPS) is 25.2. The van der Waals surface area contributed by atoms with Gasteiger partial charge in [0.25, 0.3) is 0 Å². The lowest BCUT2D eigenvalue weighted by atomic mass is 9.96. The maximum Gasteiger partial charge on any atom is 0.223 e. The largest absolute Gasteiger partial charge is 0.381 e. The van der Waals surface area contributed by atoms with Gasteiger partial charge in [-0.1, -0.05) is 12.8 Å². The van der Waals surface area contributed by atoms with Gasteiger partial charge in [-0.25, -0.2) is 9.97 Å². The van der Waals surface area contributed by atoms with E-state index < -0.39 is 0 Å². The van der Waals surface area contributed by atoms with Crippen LogP contribution in [0.3, 0.4) is 0 Å². The van der Waals surface area contributed by atoms with E-state index in [0.29, 0.717) is 17.7 Å². The molecule has 6 heteroatoms. The number of rotatable bonds is 5. The van der Waals surface area contributed by atoms with Gasteiger partial charge in [0.1, 0.15) is 5.82 Å². The molecule has 176 valence electrons. The smallest absolute Gasteiger partial charge is 0.223 e. The first-order valence-corrected chi connectivity index (χ1v) is 13.2. The van der Waals surface area contributed by atoms with Gasteiger partial charge in [0.15, 0.2) is 5.82 Å². The average molecular weight is 441 g/mol. The Morgan fingerprint density at radius 2 is 1.72 bits per heavy atom. The molecular formula is C26H40N4O2. The first-order valence-electron chi connectivity index (χ1n) is 13.2. The molecule has 0 spiro atoms. The summed E-state index contributed by atoms with van der Waals surface area (Å²) in [6.07, 6.45) is 13.5. The number of aromatic nitrogens is 2. The zero-order chi connectivity index (χ0) is 21.9. The highest BCUT2D eigenvalue weighted by Crippen LogP contribution is 2.36. The topological polar surface area (TPSA) is 58.6 Å². The molecule has 1 aliphatic carbocycles. The molecule has 4 aliphatic rings. The highest BCUT2D eigenvalue weighted by Gasteiger charge is 2.34. The number of carbonyl (C=O) groups is 1. The summed E-state index contributed by atoms with van der Waals surface area (Å²) in [6.45, 7) is 6.94. The molecule has 4 heterocycles. The van der Waals surface area contributed by atoms with Gasteiger partial charge in [0.2, 0.25) is 5.91 Å². The van der Waals surface area contributed by atoms with E-state index in [0.717, 1.165) is 95.1 Å². The van der Waals surface area contributed by atoms with Crippen molar-refractivity contribution < 1.29 is 9.53 Å². The Kier molecular flexibility index (Phi) is 6.96. The van der Waals surface area contributed by atoms with E-state index in [2.05, 4.69) is 16.7 Å². The number of fused-ring (bicyclic) bond motifs is 1. The highest BCUT2D eigenvalue weighted by molar-refractivity contribution is 5.77. The summed E-state index contributed by atoms with van der Waals surface area (Å²) >= 11 is 0. The summed E-state index contributed by atoms with van der Waals surface area (Å²) < 4.78 is 5.58. The number of amides is 1. The van der Waals surface area contributed by atoms with Crippen LogP contribution in [0.1, 0.15) is 93.8 Å². The van der Waals surface area contributed by atoms with Crippen LogP contribution in [0.5, 0.6) is 0 Å². The van der Waals surface area contributed by atoms with Crippen molar-refractivity contribution in [2.24, 2.45) is 11.8 Å². The van der Waals surface area contributed by atoms with Crippen molar-refractivity contribution in [1.29, 1.82) is 0 Å². The van der Waals surface area contributed by atoms with E-state index in [1.54, 1.807) is 0 Å². The summed E-state index contributed by atoms with van der Waals surface area (Å²) in [5.74, 6) is 3.65. The van der Waals surface area contributed by atoms with Crippen LogP contribution in [0.25, 0.3) is 0 Å². The molecule has 6 nitrogen and oxygen atoms in total. The molecule has 0 N–H and O–H groups in total. The van der Waals surface area contributed by atoms with Crippen LogP contribution in [0.2, 0.25) is 0 Å². The van der Waals surface area contributed by atoms with Crippen LogP contribution in [0.4, 0.5) is 5.82 Å². The van der Waals surface area contributed by atoms with E-state index in [1.165, 1.54) is 37.7 Å². The van der Waals surface area contributed by atoms with Crippen molar-refractivity contribution in [1.82, 2.24) is 14.9 Å². The highest BCUT2D eigenvalue weighted by atomic mass is 16.5. The summed E-state index contributed by atoms with van der Waals surface area (Å²) in [7, 11) is 0. The third-order valence-corrected chi connectivity index (χ3v) is 8.24. The van der Waals surface area contributed by atoms with Gasteiger partial charge in [-0.05, 0) is 76.5 Å². The Bertz CT molecular complexity index is 801. The third-order valence-electron chi connectivity index (χ3n) is 8.24. The van der Waals surface area contributed by atoms with Crippen molar-refractivity contribution in [3.63, 3.8) is 0 Å². The maximum atomic E-state index is 13.3. The predicted molar refractivity (Wildman–Crippen MR) is 126 cm³/mol. The number of nitrogens with zero attached hydrogens (tertiary/aromatic N) is 4. The van der Waals surface area contributed by atoms with Gasteiger partial charge in [0.05, 0.1) is 6.04 Å². The second-order valence-corrected chi connectivity index (χ2v) is 10.5.